The van der Waals surface area contributed by atoms with Crippen LogP contribution < -0.4 is 10.6 Å². The van der Waals surface area contributed by atoms with E-state index in [-0.39, 0.29) is 18.2 Å². The highest BCUT2D eigenvalue weighted by Gasteiger charge is 2.13. The van der Waals surface area contributed by atoms with Gasteiger partial charge in [0.1, 0.15) is 5.82 Å². The van der Waals surface area contributed by atoms with Crippen molar-refractivity contribution in [2.45, 2.75) is 13.3 Å². The number of nitrogens with zero attached hydrogens (tertiary/aromatic N) is 2. The number of rotatable bonds is 5. The number of anilines is 2. The molecule has 2 aromatic heterocycles. The number of thiazole rings is 2. The number of aromatic nitrogens is 2. The van der Waals surface area contributed by atoms with Crippen LogP contribution in [0, 0.1) is 12.7 Å². The molecule has 2 N–H and O–H groups in total. The predicted molar refractivity (Wildman–Crippen MR) is 113 cm³/mol. The first-order valence-electron chi connectivity index (χ1n) is 8.65. The summed E-state index contributed by atoms with van der Waals surface area (Å²) in [5.41, 5.74) is 2.80. The van der Waals surface area contributed by atoms with Gasteiger partial charge in [-0.15, -0.1) is 11.3 Å². The first-order chi connectivity index (χ1) is 14.0. The van der Waals surface area contributed by atoms with Gasteiger partial charge in [-0.2, -0.15) is 0 Å². The molecule has 4 rings (SSSR count). The van der Waals surface area contributed by atoms with Gasteiger partial charge in [0.25, 0.3) is 5.91 Å². The molecule has 0 radical (unpaired) electrons. The molecule has 6 nitrogen and oxygen atoms in total. The Kier molecular flexibility index (Phi) is 5.32. The smallest absolute Gasteiger partial charge is 0.257 e. The van der Waals surface area contributed by atoms with Crippen molar-refractivity contribution in [2.24, 2.45) is 0 Å². The van der Waals surface area contributed by atoms with E-state index in [1.54, 1.807) is 5.38 Å². The Morgan fingerprint density at radius 3 is 2.59 bits per heavy atom. The van der Waals surface area contributed by atoms with Crippen LogP contribution in [0.25, 0.3) is 10.2 Å². The third kappa shape index (κ3) is 4.47. The van der Waals surface area contributed by atoms with Crippen LogP contribution >= 0.6 is 22.7 Å². The Bertz CT molecular complexity index is 1200. The van der Waals surface area contributed by atoms with Crippen molar-refractivity contribution in [3.8, 4) is 0 Å². The second-order valence-corrected chi connectivity index (χ2v) is 8.16. The third-order valence-electron chi connectivity index (χ3n) is 4.09. The fraction of sp³-hybridized carbons (Fsp3) is 0.100. The lowest BCUT2D eigenvalue weighted by Gasteiger charge is -2.01. The summed E-state index contributed by atoms with van der Waals surface area (Å²) in [4.78, 5) is 33.2. The van der Waals surface area contributed by atoms with Crippen molar-refractivity contribution in [2.75, 3.05) is 10.6 Å². The number of amides is 2. The number of halogens is 1. The zero-order valence-corrected chi connectivity index (χ0v) is 16.9. The number of hydrogen-bond donors (Lipinski definition) is 2. The van der Waals surface area contributed by atoms with Crippen LogP contribution in [0.15, 0.2) is 47.8 Å². The minimum absolute atomic E-state index is 0.0673. The number of benzene rings is 2. The Labute approximate surface area is 173 Å². The average molecular weight is 426 g/mol. The third-order valence-corrected chi connectivity index (χ3v) is 5.83. The van der Waals surface area contributed by atoms with Crippen LogP contribution in [0.1, 0.15) is 21.6 Å². The maximum absolute atomic E-state index is 13.0. The summed E-state index contributed by atoms with van der Waals surface area (Å²) < 4.78 is 14.0. The summed E-state index contributed by atoms with van der Waals surface area (Å²) >= 11 is 2.64. The Balaban J connectivity index is 1.37. The van der Waals surface area contributed by atoms with Crippen molar-refractivity contribution in [3.05, 3.63) is 70.5 Å². The molecule has 0 bridgehead atoms. The molecule has 0 spiro atoms. The fourth-order valence-electron chi connectivity index (χ4n) is 2.68. The molecule has 0 aliphatic carbocycles. The minimum atomic E-state index is -0.410. The first kappa shape index (κ1) is 19.2. The topological polar surface area (TPSA) is 84.0 Å². The molecule has 2 heterocycles. The molecular weight excluding hydrogens is 411 g/mol. The van der Waals surface area contributed by atoms with E-state index in [1.165, 1.54) is 46.9 Å². The van der Waals surface area contributed by atoms with Gasteiger partial charge in [0.05, 0.1) is 22.3 Å². The SMILES string of the molecule is Cc1cccc2sc(NC(=O)Cc3csc(NC(=O)c4ccc(F)cc4)n3)nc12. The van der Waals surface area contributed by atoms with E-state index in [4.69, 9.17) is 0 Å². The van der Waals surface area contributed by atoms with Crippen LogP contribution in [0.4, 0.5) is 14.7 Å². The highest BCUT2D eigenvalue weighted by molar-refractivity contribution is 7.22. The Morgan fingerprint density at radius 2 is 1.83 bits per heavy atom. The van der Waals surface area contributed by atoms with Gasteiger partial charge in [0, 0.05) is 10.9 Å². The van der Waals surface area contributed by atoms with Crippen molar-refractivity contribution in [1.82, 2.24) is 9.97 Å². The summed E-state index contributed by atoms with van der Waals surface area (Å²) in [5, 5.41) is 8.07. The maximum atomic E-state index is 13.0. The molecule has 0 saturated heterocycles. The minimum Gasteiger partial charge on any atom is -0.302 e. The molecular formula is C20H15FN4O2S2. The first-order valence-corrected chi connectivity index (χ1v) is 10.3. The van der Waals surface area contributed by atoms with Crippen LogP contribution in [0.2, 0.25) is 0 Å². The second kappa shape index (κ2) is 8.06. The number of carbonyl (C=O) groups excluding carboxylic acids is 2. The van der Waals surface area contributed by atoms with Crippen molar-refractivity contribution in [3.63, 3.8) is 0 Å². The molecule has 146 valence electrons. The van der Waals surface area contributed by atoms with E-state index < -0.39 is 5.82 Å². The van der Waals surface area contributed by atoms with E-state index in [1.807, 2.05) is 25.1 Å². The van der Waals surface area contributed by atoms with Crippen molar-refractivity contribution < 1.29 is 14.0 Å². The zero-order valence-electron chi connectivity index (χ0n) is 15.2. The van der Waals surface area contributed by atoms with Crippen LogP contribution in [-0.4, -0.2) is 21.8 Å². The molecule has 2 aromatic carbocycles. The quantitative estimate of drug-likeness (QED) is 0.487. The molecule has 4 aromatic rings. The standard InChI is InChI=1S/C20H15FN4O2S2/c1-11-3-2-4-15-17(11)24-20(29-15)23-16(26)9-14-10-28-19(22-14)25-18(27)12-5-7-13(21)8-6-12/h2-8,10H,9H2,1H3,(H,22,25,27)(H,23,24,26). The summed E-state index contributed by atoms with van der Waals surface area (Å²) in [7, 11) is 0. The average Bonchev–Trinajstić information content (AvgIpc) is 3.29. The maximum Gasteiger partial charge on any atom is 0.257 e. The second-order valence-electron chi connectivity index (χ2n) is 6.27. The van der Waals surface area contributed by atoms with Gasteiger partial charge in [0.15, 0.2) is 10.3 Å². The monoisotopic (exact) mass is 426 g/mol. The molecule has 0 aliphatic rings. The molecule has 0 saturated carbocycles. The van der Waals surface area contributed by atoms with E-state index in [2.05, 4.69) is 20.6 Å². The summed E-state index contributed by atoms with van der Waals surface area (Å²) in [5.74, 6) is -1.03. The summed E-state index contributed by atoms with van der Waals surface area (Å²) in [6.45, 7) is 1.98. The molecule has 9 heteroatoms. The van der Waals surface area contributed by atoms with E-state index in [9.17, 15) is 14.0 Å². The lowest BCUT2D eigenvalue weighted by molar-refractivity contribution is -0.115. The Hall–Kier alpha value is -3.17. The normalized spacial score (nSPS) is 10.8. The molecule has 2 amide bonds. The lowest BCUT2D eigenvalue weighted by Crippen LogP contribution is -2.15. The van der Waals surface area contributed by atoms with Gasteiger partial charge in [-0.1, -0.05) is 23.5 Å². The molecule has 0 atom stereocenters. The summed E-state index contributed by atoms with van der Waals surface area (Å²) in [6, 6.07) is 11.1. The number of hydrogen-bond acceptors (Lipinski definition) is 6. The van der Waals surface area contributed by atoms with Gasteiger partial charge >= 0.3 is 0 Å². The van der Waals surface area contributed by atoms with Gasteiger partial charge in [0.2, 0.25) is 5.91 Å². The van der Waals surface area contributed by atoms with Crippen LogP contribution in [0.5, 0.6) is 0 Å². The van der Waals surface area contributed by atoms with Crippen LogP contribution in [0.3, 0.4) is 0 Å². The predicted octanol–water partition coefficient (Wildman–Crippen LogP) is 4.63. The number of fused-ring (bicyclic) bond motifs is 1. The molecule has 0 fully saturated rings. The highest BCUT2D eigenvalue weighted by Crippen LogP contribution is 2.28. The van der Waals surface area contributed by atoms with Gasteiger partial charge in [-0.3, -0.25) is 14.9 Å². The molecule has 0 unspecified atom stereocenters. The number of aryl methyl sites for hydroxylation is 1. The van der Waals surface area contributed by atoms with E-state index in [0.717, 1.165) is 15.8 Å². The fourth-order valence-corrected chi connectivity index (χ4v) is 4.35. The van der Waals surface area contributed by atoms with Crippen molar-refractivity contribution in [1.29, 1.82) is 0 Å². The number of para-hydroxylation sites is 1. The highest BCUT2D eigenvalue weighted by atomic mass is 32.1. The molecule has 0 aliphatic heterocycles. The van der Waals surface area contributed by atoms with E-state index >= 15 is 0 Å². The molecule has 29 heavy (non-hydrogen) atoms. The van der Waals surface area contributed by atoms with Gasteiger partial charge < -0.3 is 5.32 Å². The van der Waals surface area contributed by atoms with Crippen molar-refractivity contribution >= 4 is 55.0 Å². The zero-order chi connectivity index (χ0) is 20.4. The number of carbonyl (C=O) groups is 2. The van der Waals surface area contributed by atoms with E-state index in [0.29, 0.717) is 21.5 Å². The van der Waals surface area contributed by atoms with Gasteiger partial charge in [-0.05, 0) is 42.8 Å². The Morgan fingerprint density at radius 1 is 1.03 bits per heavy atom. The van der Waals surface area contributed by atoms with Gasteiger partial charge in [-0.25, -0.2) is 14.4 Å². The lowest BCUT2D eigenvalue weighted by atomic mass is 10.2. The van der Waals surface area contributed by atoms with Crippen LogP contribution in [-0.2, 0) is 11.2 Å². The summed E-state index contributed by atoms with van der Waals surface area (Å²) in [6.07, 6.45) is 0.0673. The largest absolute Gasteiger partial charge is 0.302 e. The number of nitrogens with one attached hydrogen (secondary N) is 2.